The van der Waals surface area contributed by atoms with Crippen LogP contribution in [-0.2, 0) is 0 Å². The number of halogens is 1. The molecule has 1 amide bonds. The molecule has 1 fully saturated rings. The molecule has 1 saturated heterocycles. The number of carbonyl (C=O) groups excluding carboxylic acids is 1. The minimum atomic E-state index is -0.525. The molecule has 0 spiro atoms. The molecule has 0 aliphatic carbocycles. The van der Waals surface area contributed by atoms with Gasteiger partial charge in [-0.25, -0.2) is 4.39 Å². The van der Waals surface area contributed by atoms with Crippen LogP contribution < -0.4 is 0 Å². The Labute approximate surface area is 92.7 Å². The molecular formula is C11H13FN2O2. The largest absolute Gasteiger partial charge is 0.391 e. The molecule has 1 atom stereocenters. The lowest BCUT2D eigenvalue weighted by molar-refractivity contribution is 0.0473. The zero-order valence-corrected chi connectivity index (χ0v) is 8.77. The van der Waals surface area contributed by atoms with E-state index in [1.54, 1.807) is 0 Å². The second kappa shape index (κ2) is 4.57. The lowest BCUT2D eigenvalue weighted by Crippen LogP contribution is -2.42. The molecule has 2 heterocycles. The van der Waals surface area contributed by atoms with E-state index in [2.05, 4.69) is 4.98 Å². The Balaban J connectivity index is 2.12. The molecule has 0 aromatic carbocycles. The predicted molar refractivity (Wildman–Crippen MR) is 55.3 cm³/mol. The minimum Gasteiger partial charge on any atom is -0.391 e. The molecule has 5 heteroatoms. The summed E-state index contributed by atoms with van der Waals surface area (Å²) in [6.07, 6.45) is 3.41. The first-order chi connectivity index (χ1) is 7.66. The molecule has 2 rings (SSSR count). The van der Waals surface area contributed by atoms with Gasteiger partial charge in [-0.3, -0.25) is 9.78 Å². The molecule has 1 aromatic heterocycles. The fraction of sp³-hybridized carbons (Fsp3) is 0.455. The highest BCUT2D eigenvalue weighted by molar-refractivity contribution is 5.94. The molecule has 16 heavy (non-hydrogen) atoms. The molecule has 4 nitrogen and oxygen atoms in total. The summed E-state index contributed by atoms with van der Waals surface area (Å²) in [5.74, 6) is -0.797. The first-order valence-electron chi connectivity index (χ1n) is 5.24. The van der Waals surface area contributed by atoms with E-state index >= 15 is 0 Å². The topological polar surface area (TPSA) is 53.4 Å². The number of β-amino-alcohol motifs (C(OH)–C–C–N with tert-alkyl or cyclic N) is 1. The van der Waals surface area contributed by atoms with Crippen molar-refractivity contribution in [2.75, 3.05) is 13.1 Å². The van der Waals surface area contributed by atoms with Crippen LogP contribution in [0.25, 0.3) is 0 Å². The summed E-state index contributed by atoms with van der Waals surface area (Å²) in [5, 5.41) is 9.45. The highest BCUT2D eigenvalue weighted by Gasteiger charge is 2.23. The molecule has 0 bridgehead atoms. The van der Waals surface area contributed by atoms with Gasteiger partial charge in [-0.2, -0.15) is 0 Å². The fourth-order valence-electron chi connectivity index (χ4n) is 1.85. The normalized spacial score (nSPS) is 20.9. The van der Waals surface area contributed by atoms with Crippen molar-refractivity contribution >= 4 is 5.91 Å². The third-order valence-corrected chi connectivity index (χ3v) is 2.64. The molecule has 1 aliphatic heterocycles. The van der Waals surface area contributed by atoms with Crippen molar-refractivity contribution in [2.24, 2.45) is 0 Å². The third kappa shape index (κ3) is 2.36. The maximum atomic E-state index is 12.9. The van der Waals surface area contributed by atoms with Crippen LogP contribution in [0, 0.1) is 5.82 Å². The Morgan fingerprint density at radius 2 is 2.38 bits per heavy atom. The zero-order valence-electron chi connectivity index (χ0n) is 8.77. The monoisotopic (exact) mass is 224 g/mol. The van der Waals surface area contributed by atoms with Crippen LogP contribution in [0.5, 0.6) is 0 Å². The summed E-state index contributed by atoms with van der Waals surface area (Å²) in [7, 11) is 0. The van der Waals surface area contributed by atoms with Crippen LogP contribution in [0.2, 0.25) is 0 Å². The number of amides is 1. The number of aliphatic hydroxyl groups excluding tert-OH is 1. The maximum Gasteiger partial charge on any atom is 0.255 e. The number of hydrogen-bond donors (Lipinski definition) is 1. The Kier molecular flexibility index (Phi) is 3.14. The molecule has 86 valence electrons. The summed E-state index contributed by atoms with van der Waals surface area (Å²) < 4.78 is 12.9. The van der Waals surface area contributed by atoms with Crippen molar-refractivity contribution in [1.82, 2.24) is 9.88 Å². The van der Waals surface area contributed by atoms with Crippen molar-refractivity contribution in [1.29, 1.82) is 0 Å². The van der Waals surface area contributed by atoms with Gasteiger partial charge in [0.05, 0.1) is 17.9 Å². The second-order valence-corrected chi connectivity index (χ2v) is 3.94. The molecule has 0 radical (unpaired) electrons. The van der Waals surface area contributed by atoms with Gasteiger partial charge in [0, 0.05) is 19.3 Å². The molecular weight excluding hydrogens is 211 g/mol. The molecule has 0 saturated carbocycles. The van der Waals surface area contributed by atoms with Crippen LogP contribution >= 0.6 is 0 Å². The van der Waals surface area contributed by atoms with E-state index in [0.717, 1.165) is 18.7 Å². The van der Waals surface area contributed by atoms with Gasteiger partial charge in [0.1, 0.15) is 5.82 Å². The van der Waals surface area contributed by atoms with Gasteiger partial charge in [0.25, 0.3) is 5.91 Å². The molecule has 0 unspecified atom stereocenters. The average molecular weight is 224 g/mol. The highest BCUT2D eigenvalue weighted by atomic mass is 19.1. The Morgan fingerprint density at radius 3 is 3.06 bits per heavy atom. The van der Waals surface area contributed by atoms with Crippen LogP contribution in [0.1, 0.15) is 23.2 Å². The van der Waals surface area contributed by atoms with Crippen LogP contribution in [-0.4, -0.2) is 40.1 Å². The van der Waals surface area contributed by atoms with E-state index in [0.29, 0.717) is 19.5 Å². The van der Waals surface area contributed by atoms with Gasteiger partial charge in [-0.05, 0) is 18.9 Å². The van der Waals surface area contributed by atoms with Crippen molar-refractivity contribution in [3.8, 4) is 0 Å². The van der Waals surface area contributed by atoms with Gasteiger partial charge in [0.2, 0.25) is 0 Å². The molecule has 1 aliphatic rings. The SMILES string of the molecule is O=C(c1cncc(F)c1)N1CCC[C@H](O)C1. The number of aromatic nitrogens is 1. The first-order valence-corrected chi connectivity index (χ1v) is 5.24. The van der Waals surface area contributed by atoms with Crippen LogP contribution in [0.3, 0.4) is 0 Å². The number of rotatable bonds is 1. The summed E-state index contributed by atoms with van der Waals surface area (Å²) >= 11 is 0. The highest BCUT2D eigenvalue weighted by Crippen LogP contribution is 2.13. The van der Waals surface area contributed by atoms with E-state index in [-0.39, 0.29) is 11.5 Å². The van der Waals surface area contributed by atoms with E-state index in [1.807, 2.05) is 0 Å². The Bertz CT molecular complexity index is 397. The van der Waals surface area contributed by atoms with E-state index < -0.39 is 11.9 Å². The van der Waals surface area contributed by atoms with E-state index in [1.165, 1.54) is 11.1 Å². The lowest BCUT2D eigenvalue weighted by Gasteiger charge is -2.30. The Hall–Kier alpha value is -1.49. The fourth-order valence-corrected chi connectivity index (χ4v) is 1.85. The number of aliphatic hydroxyl groups is 1. The van der Waals surface area contributed by atoms with Gasteiger partial charge in [-0.15, -0.1) is 0 Å². The summed E-state index contributed by atoms with van der Waals surface area (Å²) in [5.41, 5.74) is 0.231. The van der Waals surface area contributed by atoms with E-state index in [9.17, 15) is 14.3 Å². The number of pyridine rings is 1. The van der Waals surface area contributed by atoms with Crippen molar-refractivity contribution in [3.63, 3.8) is 0 Å². The first kappa shape index (κ1) is 11.0. The number of likely N-dealkylation sites (tertiary alicyclic amines) is 1. The quantitative estimate of drug-likeness (QED) is 0.768. The minimum absolute atomic E-state index is 0.231. The maximum absolute atomic E-state index is 12.9. The lowest BCUT2D eigenvalue weighted by atomic mass is 10.1. The standard InChI is InChI=1S/C11H13FN2O2/c12-9-4-8(5-13-6-9)11(16)14-3-1-2-10(15)7-14/h4-6,10,15H,1-3,7H2/t10-/m0/s1. The number of carbonyl (C=O) groups is 1. The van der Waals surface area contributed by atoms with Crippen molar-refractivity contribution in [3.05, 3.63) is 29.8 Å². The number of hydrogen-bond acceptors (Lipinski definition) is 3. The van der Waals surface area contributed by atoms with Crippen LogP contribution in [0.4, 0.5) is 4.39 Å². The van der Waals surface area contributed by atoms with Gasteiger partial charge in [0.15, 0.2) is 0 Å². The molecule has 1 N–H and O–H groups in total. The molecule has 1 aromatic rings. The van der Waals surface area contributed by atoms with Gasteiger partial charge in [-0.1, -0.05) is 0 Å². The van der Waals surface area contributed by atoms with Crippen molar-refractivity contribution in [2.45, 2.75) is 18.9 Å². The zero-order chi connectivity index (χ0) is 11.5. The summed E-state index contributed by atoms with van der Waals surface area (Å²) in [6.45, 7) is 0.918. The van der Waals surface area contributed by atoms with Crippen LogP contribution in [0.15, 0.2) is 18.5 Å². The number of piperidine rings is 1. The smallest absolute Gasteiger partial charge is 0.255 e. The van der Waals surface area contributed by atoms with Gasteiger partial charge >= 0.3 is 0 Å². The predicted octanol–water partition coefficient (Wildman–Crippen LogP) is 0.818. The van der Waals surface area contributed by atoms with E-state index in [4.69, 9.17) is 0 Å². The second-order valence-electron chi connectivity index (χ2n) is 3.94. The summed E-state index contributed by atoms with van der Waals surface area (Å²) in [6, 6.07) is 1.16. The number of nitrogens with zero attached hydrogens (tertiary/aromatic N) is 2. The Morgan fingerprint density at radius 1 is 1.56 bits per heavy atom. The summed E-state index contributed by atoms with van der Waals surface area (Å²) in [4.78, 5) is 17.1. The third-order valence-electron chi connectivity index (χ3n) is 2.64. The van der Waals surface area contributed by atoms with Crippen molar-refractivity contribution < 1.29 is 14.3 Å². The average Bonchev–Trinajstić information content (AvgIpc) is 2.28. The van der Waals surface area contributed by atoms with Gasteiger partial charge < -0.3 is 10.0 Å².